The lowest BCUT2D eigenvalue weighted by molar-refractivity contribution is 0.129. The Balaban J connectivity index is 2.53. The fourth-order valence-corrected chi connectivity index (χ4v) is 3.27. The molecule has 3 heteroatoms. The van der Waals surface area contributed by atoms with E-state index in [0.29, 0.717) is 0 Å². The van der Waals surface area contributed by atoms with E-state index in [1.807, 2.05) is 25.6 Å². The average Bonchev–Trinajstić information content (AvgIpc) is 2.30. The minimum atomic E-state index is -0.524. The van der Waals surface area contributed by atoms with Gasteiger partial charge in [-0.1, -0.05) is 6.92 Å². The lowest BCUT2D eigenvalue weighted by Crippen LogP contribution is -2.11. The Morgan fingerprint density at radius 1 is 1.47 bits per heavy atom. The monoisotopic (exact) mass is 226 g/mol. The summed E-state index contributed by atoms with van der Waals surface area (Å²) in [7, 11) is 0. The van der Waals surface area contributed by atoms with Crippen LogP contribution < -0.4 is 0 Å². The molecule has 0 aromatic heterocycles. The molecule has 2 rings (SSSR count). The highest BCUT2D eigenvalue weighted by molar-refractivity contribution is 7.98. The predicted molar refractivity (Wildman–Crippen MR) is 61.4 cm³/mol. The molecule has 1 nitrogen and oxygen atoms in total. The Hall–Kier alpha value is -0.540. The van der Waals surface area contributed by atoms with Crippen LogP contribution in [0.5, 0.6) is 0 Å². The van der Waals surface area contributed by atoms with Crippen LogP contribution in [-0.2, 0) is 5.75 Å². The first-order chi connectivity index (χ1) is 7.09. The van der Waals surface area contributed by atoms with Gasteiger partial charge in [-0.15, -0.1) is 0 Å². The number of aryl methyl sites for hydroxylation is 1. The summed E-state index contributed by atoms with van der Waals surface area (Å²) in [6, 6.07) is 3.03. The van der Waals surface area contributed by atoms with Crippen molar-refractivity contribution in [3.8, 4) is 0 Å². The quantitative estimate of drug-likeness (QED) is 0.733. The van der Waals surface area contributed by atoms with Gasteiger partial charge >= 0.3 is 0 Å². The second-order valence-corrected chi connectivity index (χ2v) is 5.26. The molecule has 0 saturated heterocycles. The number of aliphatic hydroxyl groups is 1. The van der Waals surface area contributed by atoms with E-state index in [1.54, 1.807) is 6.07 Å². The summed E-state index contributed by atoms with van der Waals surface area (Å²) in [6.45, 7) is 3.91. The first-order valence-corrected chi connectivity index (χ1v) is 6.30. The Morgan fingerprint density at radius 2 is 2.20 bits per heavy atom. The van der Waals surface area contributed by atoms with Crippen molar-refractivity contribution in [2.75, 3.05) is 5.75 Å². The number of benzene rings is 1. The number of thioether (sulfide) groups is 1. The van der Waals surface area contributed by atoms with E-state index in [4.69, 9.17) is 0 Å². The Morgan fingerprint density at radius 3 is 2.93 bits per heavy atom. The molecular weight excluding hydrogens is 211 g/mol. The van der Waals surface area contributed by atoms with E-state index < -0.39 is 6.10 Å². The molecule has 82 valence electrons. The first kappa shape index (κ1) is 11.0. The zero-order valence-electron chi connectivity index (χ0n) is 8.96. The highest BCUT2D eigenvalue weighted by atomic mass is 32.2. The Bertz CT molecular complexity index is 378. The standard InChI is InChI=1S/C12H15FOS/c1-7-3-9(13)4-10-11(7)6-15-5-8(2)12(10)14/h3-4,8,12,14H,5-6H2,1-2H3. The van der Waals surface area contributed by atoms with Crippen molar-refractivity contribution in [1.29, 1.82) is 0 Å². The zero-order valence-corrected chi connectivity index (χ0v) is 9.77. The predicted octanol–water partition coefficient (Wildman–Crippen LogP) is 3.05. The summed E-state index contributed by atoms with van der Waals surface area (Å²) in [5, 5.41) is 10.1. The van der Waals surface area contributed by atoms with Crippen molar-refractivity contribution in [1.82, 2.24) is 0 Å². The van der Waals surface area contributed by atoms with Gasteiger partial charge in [-0.25, -0.2) is 4.39 Å². The fraction of sp³-hybridized carbons (Fsp3) is 0.500. The number of fused-ring (bicyclic) bond motifs is 1. The lowest BCUT2D eigenvalue weighted by Gasteiger charge is -2.18. The van der Waals surface area contributed by atoms with Crippen molar-refractivity contribution in [3.63, 3.8) is 0 Å². The van der Waals surface area contributed by atoms with E-state index in [9.17, 15) is 9.50 Å². The van der Waals surface area contributed by atoms with Gasteiger partial charge in [-0.3, -0.25) is 0 Å². The number of rotatable bonds is 0. The molecule has 15 heavy (non-hydrogen) atoms. The van der Waals surface area contributed by atoms with Crippen molar-refractivity contribution in [2.45, 2.75) is 25.7 Å². The topological polar surface area (TPSA) is 20.2 Å². The summed E-state index contributed by atoms with van der Waals surface area (Å²) in [6.07, 6.45) is -0.524. The van der Waals surface area contributed by atoms with Crippen LogP contribution in [0.15, 0.2) is 12.1 Å². The molecule has 1 aliphatic rings. The first-order valence-electron chi connectivity index (χ1n) is 5.14. The summed E-state index contributed by atoms with van der Waals surface area (Å²) < 4.78 is 13.3. The maximum atomic E-state index is 13.3. The minimum absolute atomic E-state index is 0.192. The molecule has 2 atom stereocenters. The van der Waals surface area contributed by atoms with Crippen LogP contribution in [-0.4, -0.2) is 10.9 Å². The minimum Gasteiger partial charge on any atom is -0.388 e. The van der Waals surface area contributed by atoms with Gasteiger partial charge in [-0.05, 0) is 47.4 Å². The third-order valence-electron chi connectivity index (χ3n) is 2.96. The van der Waals surface area contributed by atoms with E-state index >= 15 is 0 Å². The average molecular weight is 226 g/mol. The molecule has 1 aromatic rings. The van der Waals surface area contributed by atoms with Gasteiger partial charge in [0.15, 0.2) is 0 Å². The van der Waals surface area contributed by atoms with E-state index in [-0.39, 0.29) is 11.7 Å². The van der Waals surface area contributed by atoms with Crippen LogP contribution in [0.25, 0.3) is 0 Å². The molecule has 0 radical (unpaired) electrons. The van der Waals surface area contributed by atoms with Crippen molar-refractivity contribution < 1.29 is 9.50 Å². The number of halogens is 1. The maximum Gasteiger partial charge on any atom is 0.123 e. The fourth-order valence-electron chi connectivity index (χ4n) is 2.00. The molecule has 1 aliphatic heterocycles. The van der Waals surface area contributed by atoms with Crippen molar-refractivity contribution in [2.24, 2.45) is 5.92 Å². The summed E-state index contributed by atoms with van der Waals surface area (Å²) in [5.74, 6) is 1.75. The number of hydrogen-bond donors (Lipinski definition) is 1. The Kier molecular flexibility index (Phi) is 3.03. The second kappa shape index (κ2) is 4.14. The molecule has 0 saturated carbocycles. The molecule has 2 unspecified atom stereocenters. The van der Waals surface area contributed by atoms with E-state index in [2.05, 4.69) is 0 Å². The molecular formula is C12H15FOS. The second-order valence-electron chi connectivity index (χ2n) is 4.23. The highest BCUT2D eigenvalue weighted by Gasteiger charge is 2.24. The highest BCUT2D eigenvalue weighted by Crippen LogP contribution is 2.36. The molecule has 0 fully saturated rings. The van der Waals surface area contributed by atoms with Crippen LogP contribution in [0, 0.1) is 18.7 Å². The van der Waals surface area contributed by atoms with Crippen LogP contribution >= 0.6 is 11.8 Å². The van der Waals surface area contributed by atoms with Gasteiger partial charge in [0.25, 0.3) is 0 Å². The van der Waals surface area contributed by atoms with Crippen LogP contribution in [0.4, 0.5) is 4.39 Å². The van der Waals surface area contributed by atoms with Crippen LogP contribution in [0.3, 0.4) is 0 Å². The van der Waals surface area contributed by atoms with Crippen LogP contribution in [0.2, 0.25) is 0 Å². The van der Waals surface area contributed by atoms with Crippen molar-refractivity contribution >= 4 is 11.8 Å². The summed E-state index contributed by atoms with van der Waals surface area (Å²) >= 11 is 1.81. The molecule has 0 spiro atoms. The SMILES string of the molecule is Cc1cc(F)cc2c1CSCC(C)C2O. The smallest absolute Gasteiger partial charge is 0.123 e. The third-order valence-corrected chi connectivity index (χ3v) is 4.21. The van der Waals surface area contributed by atoms with Gasteiger partial charge in [-0.2, -0.15) is 11.8 Å². The molecule has 0 amide bonds. The lowest BCUT2D eigenvalue weighted by atomic mass is 9.93. The normalized spacial score (nSPS) is 25.9. The van der Waals surface area contributed by atoms with Gasteiger partial charge in [0, 0.05) is 5.75 Å². The van der Waals surface area contributed by atoms with Gasteiger partial charge in [0.1, 0.15) is 5.82 Å². The number of aliphatic hydroxyl groups excluding tert-OH is 1. The molecule has 0 bridgehead atoms. The molecule has 1 N–H and O–H groups in total. The molecule has 0 aliphatic carbocycles. The summed E-state index contributed by atoms with van der Waals surface area (Å²) in [5.41, 5.74) is 2.84. The zero-order chi connectivity index (χ0) is 11.0. The van der Waals surface area contributed by atoms with Crippen molar-refractivity contribution in [3.05, 3.63) is 34.6 Å². The largest absolute Gasteiger partial charge is 0.388 e. The number of hydrogen-bond acceptors (Lipinski definition) is 2. The maximum absolute atomic E-state index is 13.3. The van der Waals surface area contributed by atoms with E-state index in [0.717, 1.165) is 28.2 Å². The third kappa shape index (κ3) is 2.04. The van der Waals surface area contributed by atoms with Gasteiger partial charge < -0.3 is 5.11 Å². The Labute approximate surface area is 93.7 Å². The van der Waals surface area contributed by atoms with E-state index in [1.165, 1.54) is 6.07 Å². The summed E-state index contributed by atoms with van der Waals surface area (Å²) in [4.78, 5) is 0. The van der Waals surface area contributed by atoms with Gasteiger partial charge in [0.2, 0.25) is 0 Å². The van der Waals surface area contributed by atoms with Crippen LogP contribution in [0.1, 0.15) is 29.7 Å². The van der Waals surface area contributed by atoms with Gasteiger partial charge in [0.05, 0.1) is 6.10 Å². The molecule has 1 heterocycles. The molecule has 1 aromatic carbocycles.